The van der Waals surface area contributed by atoms with Gasteiger partial charge in [0.2, 0.25) is 0 Å². The molecule has 0 aromatic carbocycles. The minimum Gasteiger partial charge on any atom is -0.466 e. The quantitative estimate of drug-likeness (QED) is 0.606. The van der Waals surface area contributed by atoms with Crippen molar-refractivity contribution in [2.24, 2.45) is 29.6 Å². The lowest BCUT2D eigenvalue weighted by Gasteiger charge is -2.07. The molecule has 0 radical (unpaired) electrons. The fourth-order valence-electron chi connectivity index (χ4n) is 3.88. The lowest BCUT2D eigenvalue weighted by molar-refractivity contribution is -0.145. The Bertz CT molecular complexity index is 232. The van der Waals surface area contributed by atoms with Crippen molar-refractivity contribution in [3.05, 3.63) is 0 Å². The highest BCUT2D eigenvalue weighted by Gasteiger charge is 2.68. The molecule has 0 aromatic rings. The van der Waals surface area contributed by atoms with E-state index in [1.807, 2.05) is 6.92 Å². The Labute approximate surface area is 78.6 Å². The molecule has 13 heavy (non-hydrogen) atoms. The van der Waals surface area contributed by atoms with Crippen molar-refractivity contribution >= 4 is 5.97 Å². The van der Waals surface area contributed by atoms with Crippen LogP contribution in [0.2, 0.25) is 0 Å². The molecule has 0 spiro atoms. The number of carbonyl (C=O) groups excluding carboxylic acids is 1. The molecule has 2 bridgehead atoms. The van der Waals surface area contributed by atoms with Gasteiger partial charge < -0.3 is 4.74 Å². The Kier molecular flexibility index (Phi) is 1.50. The van der Waals surface area contributed by atoms with Gasteiger partial charge in [-0.05, 0) is 49.9 Å². The van der Waals surface area contributed by atoms with Crippen LogP contribution >= 0.6 is 0 Å². The first-order valence-corrected chi connectivity index (χ1v) is 5.49. The minimum absolute atomic E-state index is 0.0918. The van der Waals surface area contributed by atoms with E-state index in [0.29, 0.717) is 12.5 Å². The van der Waals surface area contributed by atoms with Gasteiger partial charge in [-0.15, -0.1) is 0 Å². The smallest absolute Gasteiger partial charge is 0.309 e. The second-order valence-corrected chi connectivity index (χ2v) is 4.77. The summed E-state index contributed by atoms with van der Waals surface area (Å²) in [5.74, 6) is 3.63. The number of esters is 1. The van der Waals surface area contributed by atoms with Crippen LogP contribution in [0.5, 0.6) is 0 Å². The van der Waals surface area contributed by atoms with Crippen molar-refractivity contribution < 1.29 is 9.53 Å². The van der Waals surface area contributed by atoms with E-state index in [9.17, 15) is 4.79 Å². The van der Waals surface area contributed by atoms with E-state index < -0.39 is 0 Å². The van der Waals surface area contributed by atoms with Crippen LogP contribution in [0.25, 0.3) is 0 Å². The van der Waals surface area contributed by atoms with E-state index in [1.54, 1.807) is 0 Å². The van der Waals surface area contributed by atoms with Crippen LogP contribution in [0, 0.1) is 29.6 Å². The predicted octanol–water partition coefficient (Wildman–Crippen LogP) is 1.84. The van der Waals surface area contributed by atoms with Crippen LogP contribution in [0.3, 0.4) is 0 Å². The van der Waals surface area contributed by atoms with E-state index in [2.05, 4.69) is 0 Å². The van der Waals surface area contributed by atoms with Crippen molar-refractivity contribution in [3.63, 3.8) is 0 Å². The van der Waals surface area contributed by atoms with Gasteiger partial charge in [0.05, 0.1) is 12.5 Å². The van der Waals surface area contributed by atoms with Gasteiger partial charge in [-0.25, -0.2) is 0 Å². The summed E-state index contributed by atoms with van der Waals surface area (Å²) >= 11 is 0. The zero-order valence-electron chi connectivity index (χ0n) is 8.03. The molecular formula is C11H16O2. The van der Waals surface area contributed by atoms with Gasteiger partial charge in [-0.2, -0.15) is 0 Å². The molecule has 0 N–H and O–H groups in total. The lowest BCUT2D eigenvalue weighted by atomic mass is 10.0. The van der Waals surface area contributed by atoms with Gasteiger partial charge in [0.1, 0.15) is 0 Å². The molecule has 3 aliphatic carbocycles. The number of rotatable bonds is 2. The molecule has 72 valence electrons. The van der Waals surface area contributed by atoms with Crippen molar-refractivity contribution in [1.29, 1.82) is 0 Å². The second kappa shape index (κ2) is 2.49. The Morgan fingerprint density at radius 1 is 1.31 bits per heavy atom. The standard InChI is InChI=1S/C11H16O2/c1-2-13-11(12)10-8-6-3-4-7(5-6)9(8)10/h6-10H,2-5H2,1H3/t6-,7-,8-,9-/m0/s1. The highest BCUT2D eigenvalue weighted by atomic mass is 16.5. The largest absolute Gasteiger partial charge is 0.466 e. The Morgan fingerprint density at radius 2 is 1.92 bits per heavy atom. The van der Waals surface area contributed by atoms with Crippen molar-refractivity contribution in [3.8, 4) is 0 Å². The molecule has 2 nitrogen and oxygen atoms in total. The first-order chi connectivity index (χ1) is 6.33. The molecule has 2 heteroatoms. The van der Waals surface area contributed by atoms with Crippen LogP contribution in [-0.4, -0.2) is 12.6 Å². The number of ether oxygens (including phenoxy) is 1. The summed E-state index contributed by atoms with van der Waals surface area (Å²) in [6, 6.07) is 0. The number of carbonyl (C=O) groups is 1. The van der Waals surface area contributed by atoms with Gasteiger partial charge in [0.15, 0.2) is 0 Å². The summed E-state index contributed by atoms with van der Waals surface area (Å²) < 4.78 is 5.09. The van der Waals surface area contributed by atoms with Crippen molar-refractivity contribution in [2.45, 2.75) is 26.2 Å². The first-order valence-electron chi connectivity index (χ1n) is 5.49. The zero-order valence-corrected chi connectivity index (χ0v) is 8.03. The molecule has 0 aromatic heterocycles. The van der Waals surface area contributed by atoms with Crippen LogP contribution in [-0.2, 0) is 9.53 Å². The van der Waals surface area contributed by atoms with E-state index in [-0.39, 0.29) is 5.97 Å². The molecule has 0 amide bonds. The normalized spacial score (nSPS) is 50.4. The summed E-state index contributed by atoms with van der Waals surface area (Å²) in [4.78, 5) is 11.5. The van der Waals surface area contributed by atoms with Crippen LogP contribution in [0.4, 0.5) is 0 Å². The van der Waals surface area contributed by atoms with Crippen LogP contribution in [0.1, 0.15) is 26.2 Å². The Morgan fingerprint density at radius 3 is 2.46 bits per heavy atom. The zero-order chi connectivity index (χ0) is 9.00. The average molecular weight is 180 g/mol. The maximum atomic E-state index is 11.5. The molecule has 3 aliphatic rings. The number of hydrogen-bond acceptors (Lipinski definition) is 2. The SMILES string of the molecule is CCOC(=O)C1[C@H]2[C@H]3CC[C@@H](C3)[C@H]12. The third kappa shape index (κ3) is 0.918. The Balaban J connectivity index is 1.69. The minimum atomic E-state index is 0.0918. The van der Waals surface area contributed by atoms with E-state index >= 15 is 0 Å². The van der Waals surface area contributed by atoms with Crippen molar-refractivity contribution in [2.75, 3.05) is 6.61 Å². The molecule has 3 rings (SSSR count). The highest BCUT2D eigenvalue weighted by molar-refractivity contribution is 5.77. The molecule has 3 fully saturated rings. The molecule has 0 aliphatic heterocycles. The van der Waals surface area contributed by atoms with Gasteiger partial charge in [-0.1, -0.05) is 0 Å². The van der Waals surface area contributed by atoms with E-state index in [0.717, 1.165) is 23.7 Å². The van der Waals surface area contributed by atoms with E-state index in [1.165, 1.54) is 19.3 Å². The fourth-order valence-corrected chi connectivity index (χ4v) is 3.88. The topological polar surface area (TPSA) is 26.3 Å². The summed E-state index contributed by atoms with van der Waals surface area (Å²) in [5, 5.41) is 0. The summed E-state index contributed by atoms with van der Waals surface area (Å²) in [6.45, 7) is 2.44. The maximum absolute atomic E-state index is 11.5. The second-order valence-electron chi connectivity index (χ2n) is 4.77. The van der Waals surface area contributed by atoms with E-state index in [4.69, 9.17) is 4.74 Å². The molecule has 4 atom stereocenters. The summed E-state index contributed by atoms with van der Waals surface area (Å²) in [5.41, 5.74) is 0. The van der Waals surface area contributed by atoms with Gasteiger partial charge in [0, 0.05) is 0 Å². The predicted molar refractivity (Wildman–Crippen MR) is 47.9 cm³/mol. The molecule has 0 heterocycles. The highest BCUT2D eigenvalue weighted by Crippen LogP contribution is 2.69. The summed E-state index contributed by atoms with van der Waals surface area (Å²) in [6.07, 6.45) is 4.16. The van der Waals surface area contributed by atoms with Gasteiger partial charge in [0.25, 0.3) is 0 Å². The lowest BCUT2D eigenvalue weighted by Crippen LogP contribution is -2.12. The third-order valence-electron chi connectivity index (χ3n) is 4.29. The fraction of sp³-hybridized carbons (Fsp3) is 0.909. The molecule has 0 unspecified atom stereocenters. The molecular weight excluding hydrogens is 164 g/mol. The van der Waals surface area contributed by atoms with Crippen LogP contribution < -0.4 is 0 Å². The van der Waals surface area contributed by atoms with Gasteiger partial charge in [-0.3, -0.25) is 4.79 Å². The third-order valence-corrected chi connectivity index (χ3v) is 4.29. The van der Waals surface area contributed by atoms with Gasteiger partial charge >= 0.3 is 5.97 Å². The first kappa shape index (κ1) is 7.84. The number of hydrogen-bond donors (Lipinski definition) is 0. The maximum Gasteiger partial charge on any atom is 0.309 e. The Hall–Kier alpha value is -0.530. The number of fused-ring (bicyclic) bond motifs is 5. The average Bonchev–Trinajstić information content (AvgIpc) is 2.57. The monoisotopic (exact) mass is 180 g/mol. The van der Waals surface area contributed by atoms with Crippen LogP contribution in [0.15, 0.2) is 0 Å². The molecule has 0 saturated heterocycles. The molecule has 3 saturated carbocycles. The van der Waals surface area contributed by atoms with Crippen molar-refractivity contribution in [1.82, 2.24) is 0 Å². The summed E-state index contributed by atoms with van der Waals surface area (Å²) in [7, 11) is 0.